The Morgan fingerprint density at radius 2 is 1.88 bits per heavy atom. The number of nitrogens with one attached hydrogen (secondary N) is 3. The molecular weight excluding hydrogens is 434 g/mol. The molecule has 0 bridgehead atoms. The van der Waals surface area contributed by atoms with Gasteiger partial charge in [0, 0.05) is 29.8 Å². The number of amides is 2. The highest BCUT2D eigenvalue weighted by Crippen LogP contribution is 2.32. The summed E-state index contributed by atoms with van der Waals surface area (Å²) in [6, 6.07) is 7.46. The van der Waals surface area contributed by atoms with Crippen LogP contribution in [0.5, 0.6) is 0 Å². The zero-order chi connectivity index (χ0) is 24.4. The van der Waals surface area contributed by atoms with Crippen LogP contribution in [-0.4, -0.2) is 40.5 Å². The number of piperidine rings is 1. The first kappa shape index (κ1) is 23.5. The van der Waals surface area contributed by atoms with Crippen molar-refractivity contribution < 1.29 is 14.3 Å². The Morgan fingerprint density at radius 1 is 1.21 bits per heavy atom. The van der Waals surface area contributed by atoms with Crippen molar-refractivity contribution in [2.45, 2.75) is 64.5 Å². The average Bonchev–Trinajstić information content (AvgIpc) is 2.78. The van der Waals surface area contributed by atoms with E-state index in [1.807, 2.05) is 6.92 Å². The topological polar surface area (TPSA) is 116 Å². The third kappa shape index (κ3) is 4.69. The van der Waals surface area contributed by atoms with E-state index in [1.54, 1.807) is 24.3 Å². The number of nitrogens with zero attached hydrogens (tertiary/aromatic N) is 2. The molecule has 2 aromatic rings. The minimum absolute atomic E-state index is 0.126. The number of aromatic amines is 1. The maximum absolute atomic E-state index is 13.1. The van der Waals surface area contributed by atoms with Crippen molar-refractivity contribution in [1.29, 1.82) is 0 Å². The van der Waals surface area contributed by atoms with Crippen molar-refractivity contribution in [3.05, 3.63) is 52.3 Å². The second-order valence-corrected chi connectivity index (χ2v) is 8.92. The van der Waals surface area contributed by atoms with Gasteiger partial charge >= 0.3 is 0 Å². The lowest BCUT2D eigenvalue weighted by Crippen LogP contribution is -2.46. The predicted octanol–water partition coefficient (Wildman–Crippen LogP) is 3.61. The molecule has 0 spiro atoms. The van der Waals surface area contributed by atoms with E-state index >= 15 is 0 Å². The van der Waals surface area contributed by atoms with Gasteiger partial charge in [-0.3, -0.25) is 19.4 Å². The van der Waals surface area contributed by atoms with Gasteiger partial charge in [0.2, 0.25) is 17.8 Å². The number of carbonyl (C=O) groups is 2. The van der Waals surface area contributed by atoms with E-state index < -0.39 is 17.4 Å². The molecule has 3 N–H and O–H groups in total. The lowest BCUT2D eigenvalue weighted by Gasteiger charge is -2.39. The van der Waals surface area contributed by atoms with Crippen LogP contribution in [0.15, 0.2) is 35.6 Å². The molecular formula is C25H31N5O4. The highest BCUT2D eigenvalue weighted by Gasteiger charge is 2.36. The van der Waals surface area contributed by atoms with Crippen LogP contribution in [0, 0.1) is 0 Å². The Morgan fingerprint density at radius 3 is 2.53 bits per heavy atom. The van der Waals surface area contributed by atoms with E-state index in [2.05, 4.69) is 45.9 Å². The number of benzene rings is 1. The number of ether oxygens (including phenoxy) is 1. The summed E-state index contributed by atoms with van der Waals surface area (Å²) in [6.07, 6.45) is 2.99. The Balaban J connectivity index is 1.59. The summed E-state index contributed by atoms with van der Waals surface area (Å²) in [6.45, 7) is 10.5. The van der Waals surface area contributed by atoms with Crippen LogP contribution in [0.4, 0.5) is 17.5 Å². The Hall–Kier alpha value is -3.62. The quantitative estimate of drug-likeness (QED) is 0.561. The Labute approximate surface area is 198 Å². The molecule has 2 aliphatic heterocycles. The first-order chi connectivity index (χ1) is 16.3. The fraction of sp³-hybridized carbons (Fsp3) is 0.440. The van der Waals surface area contributed by atoms with Gasteiger partial charge in [-0.25, -0.2) is 0 Å². The van der Waals surface area contributed by atoms with Crippen molar-refractivity contribution in [2.75, 3.05) is 22.1 Å². The average molecular weight is 466 g/mol. The Bertz CT molecular complexity index is 1150. The normalized spacial score (nSPS) is 21.9. The van der Waals surface area contributed by atoms with Crippen LogP contribution >= 0.6 is 0 Å². The first-order valence-corrected chi connectivity index (χ1v) is 11.7. The number of H-pyrrole nitrogens is 1. The van der Waals surface area contributed by atoms with Gasteiger partial charge in [0.05, 0.1) is 18.1 Å². The molecule has 2 amide bonds. The summed E-state index contributed by atoms with van der Waals surface area (Å²) in [7, 11) is 0. The molecule has 9 nitrogen and oxygen atoms in total. The number of hydrogen-bond acceptors (Lipinski definition) is 6. The lowest BCUT2D eigenvalue weighted by atomic mass is 9.92. The summed E-state index contributed by atoms with van der Waals surface area (Å²) in [4.78, 5) is 48.2. The van der Waals surface area contributed by atoms with Crippen LogP contribution in [0.25, 0.3) is 5.76 Å². The summed E-state index contributed by atoms with van der Waals surface area (Å²) >= 11 is 0. The fourth-order valence-electron chi connectivity index (χ4n) is 4.77. The van der Waals surface area contributed by atoms with Crippen LogP contribution in [0.1, 0.15) is 63.5 Å². The highest BCUT2D eigenvalue weighted by atomic mass is 16.5. The monoisotopic (exact) mass is 465 g/mol. The largest absolute Gasteiger partial charge is 0.494 e. The summed E-state index contributed by atoms with van der Waals surface area (Å²) < 4.78 is 5.40. The number of anilines is 3. The van der Waals surface area contributed by atoms with E-state index in [9.17, 15) is 14.4 Å². The molecule has 3 heterocycles. The summed E-state index contributed by atoms with van der Waals surface area (Å²) in [5.41, 5.74) is 1.12. The molecule has 1 aromatic heterocycles. The van der Waals surface area contributed by atoms with E-state index in [0.29, 0.717) is 24.0 Å². The summed E-state index contributed by atoms with van der Waals surface area (Å²) in [5.74, 6) is -0.599. The minimum atomic E-state index is -0.941. The lowest BCUT2D eigenvalue weighted by molar-refractivity contribution is -0.123. The van der Waals surface area contributed by atoms with Crippen LogP contribution in [0.2, 0.25) is 0 Å². The number of fused-ring (bicyclic) bond motifs is 1. The van der Waals surface area contributed by atoms with Crippen molar-refractivity contribution in [3.8, 4) is 0 Å². The molecule has 9 heteroatoms. The molecule has 3 atom stereocenters. The zero-order valence-electron chi connectivity index (χ0n) is 19.8. The van der Waals surface area contributed by atoms with E-state index in [0.717, 1.165) is 24.8 Å². The smallest absolute Gasteiger partial charge is 0.258 e. The second-order valence-electron chi connectivity index (χ2n) is 8.92. The molecule has 1 saturated heterocycles. The number of hydrogen-bond donors (Lipinski definition) is 3. The SMILES string of the molecule is C=C(OCC)c1ccc(NC(=O)[C@@H]2CC(=O)Nc3nc(N4[C@H](C)CCC[C@@H]4C)[nH]c(=O)c32)cc1. The van der Waals surface area contributed by atoms with Gasteiger partial charge in [-0.15, -0.1) is 0 Å². The number of carbonyl (C=O) groups excluding carboxylic acids is 2. The predicted molar refractivity (Wildman–Crippen MR) is 132 cm³/mol. The van der Waals surface area contributed by atoms with Crippen molar-refractivity contribution >= 4 is 35.0 Å². The highest BCUT2D eigenvalue weighted by molar-refractivity contribution is 6.04. The molecule has 1 aromatic carbocycles. The van der Waals surface area contributed by atoms with Crippen molar-refractivity contribution in [3.63, 3.8) is 0 Å². The second kappa shape index (κ2) is 9.70. The van der Waals surface area contributed by atoms with Crippen molar-refractivity contribution in [1.82, 2.24) is 9.97 Å². The first-order valence-electron chi connectivity index (χ1n) is 11.7. The molecule has 2 aliphatic rings. The third-order valence-electron chi connectivity index (χ3n) is 6.49. The molecule has 0 radical (unpaired) electrons. The molecule has 180 valence electrons. The summed E-state index contributed by atoms with van der Waals surface area (Å²) in [5, 5.41) is 5.50. The Kier molecular flexibility index (Phi) is 6.72. The van der Waals surface area contributed by atoms with Crippen molar-refractivity contribution in [2.24, 2.45) is 0 Å². The maximum Gasteiger partial charge on any atom is 0.258 e. The van der Waals surface area contributed by atoms with Crippen LogP contribution < -0.4 is 21.1 Å². The maximum atomic E-state index is 13.1. The van der Waals surface area contributed by atoms with Gasteiger partial charge in [-0.1, -0.05) is 6.58 Å². The molecule has 4 rings (SSSR count). The fourth-order valence-corrected chi connectivity index (χ4v) is 4.77. The van der Waals surface area contributed by atoms with Gasteiger partial charge in [-0.05, 0) is 64.3 Å². The number of aromatic nitrogens is 2. The zero-order valence-corrected chi connectivity index (χ0v) is 19.8. The van der Waals surface area contributed by atoms with E-state index in [-0.39, 0.29) is 35.8 Å². The molecule has 1 fully saturated rings. The van der Waals surface area contributed by atoms with Crippen LogP contribution in [0.3, 0.4) is 0 Å². The van der Waals surface area contributed by atoms with E-state index in [1.165, 1.54) is 0 Å². The van der Waals surface area contributed by atoms with Gasteiger partial charge in [-0.2, -0.15) is 4.98 Å². The molecule has 34 heavy (non-hydrogen) atoms. The molecule has 0 unspecified atom stereocenters. The van der Waals surface area contributed by atoms with Gasteiger partial charge < -0.3 is 20.3 Å². The number of rotatable bonds is 6. The minimum Gasteiger partial charge on any atom is -0.494 e. The standard InChI is InChI=1S/C25H31N5O4/c1-5-34-16(4)17-9-11-18(12-10-17)26-23(32)19-13-20(31)27-22-21(19)24(33)29-25(28-22)30-14(2)7-6-8-15(30)3/h9-12,14-15,19H,4-8,13H2,1-3H3,(H,26,32)(H2,27,28,29,31,33)/t14-,15+,19-/m1/s1. The van der Waals surface area contributed by atoms with Crippen LogP contribution in [-0.2, 0) is 14.3 Å². The van der Waals surface area contributed by atoms with Gasteiger partial charge in [0.15, 0.2) is 0 Å². The van der Waals surface area contributed by atoms with Gasteiger partial charge in [0.1, 0.15) is 11.6 Å². The van der Waals surface area contributed by atoms with E-state index in [4.69, 9.17) is 4.74 Å². The van der Waals surface area contributed by atoms with Gasteiger partial charge in [0.25, 0.3) is 5.56 Å². The molecule has 0 aliphatic carbocycles. The third-order valence-corrected chi connectivity index (χ3v) is 6.49. The molecule has 0 saturated carbocycles.